The van der Waals surface area contributed by atoms with Gasteiger partial charge in [-0.15, -0.1) is 0 Å². The molecule has 2 aromatic carbocycles. The molecule has 2 rings (SSSR count). The van der Waals surface area contributed by atoms with Crippen molar-refractivity contribution < 1.29 is 14.3 Å². The van der Waals surface area contributed by atoms with Crippen molar-refractivity contribution in [2.45, 2.75) is 19.8 Å². The van der Waals surface area contributed by atoms with Gasteiger partial charge in [-0.3, -0.25) is 4.79 Å². The van der Waals surface area contributed by atoms with Gasteiger partial charge in [-0.25, -0.2) is 0 Å². The molecule has 0 aliphatic rings. The van der Waals surface area contributed by atoms with Crippen molar-refractivity contribution in [2.75, 3.05) is 20.3 Å². The average molecular weight is 348 g/mol. The van der Waals surface area contributed by atoms with Crippen LogP contribution in [0.1, 0.15) is 29.3 Å². The molecular formula is C19H22ClNO3. The maximum atomic E-state index is 12.1. The SMILES string of the molecule is CCOc1ccc(C(=O)NCCCc2ccc(OC)cc2)cc1Cl. The van der Waals surface area contributed by atoms with E-state index in [1.165, 1.54) is 5.56 Å². The molecule has 4 nitrogen and oxygen atoms in total. The highest BCUT2D eigenvalue weighted by molar-refractivity contribution is 6.32. The number of hydrogen-bond donors (Lipinski definition) is 1. The van der Waals surface area contributed by atoms with Gasteiger partial charge in [0.25, 0.3) is 5.91 Å². The predicted octanol–water partition coefficient (Wildman–Crippen LogP) is 4.11. The molecule has 0 aliphatic heterocycles. The zero-order chi connectivity index (χ0) is 17.4. The van der Waals surface area contributed by atoms with Gasteiger partial charge in [0, 0.05) is 12.1 Å². The monoisotopic (exact) mass is 347 g/mol. The van der Waals surface area contributed by atoms with Gasteiger partial charge in [0.05, 0.1) is 18.7 Å². The Hall–Kier alpha value is -2.20. The number of carbonyl (C=O) groups is 1. The molecule has 0 spiro atoms. The molecule has 1 N–H and O–H groups in total. The van der Waals surface area contributed by atoms with Crippen LogP contribution in [0.15, 0.2) is 42.5 Å². The number of rotatable bonds is 8. The van der Waals surface area contributed by atoms with E-state index in [0.29, 0.717) is 29.5 Å². The van der Waals surface area contributed by atoms with E-state index in [1.54, 1.807) is 25.3 Å². The standard InChI is InChI=1S/C19H22ClNO3/c1-3-24-18-11-8-15(13-17(18)20)19(22)21-12-4-5-14-6-9-16(23-2)10-7-14/h6-11,13H,3-5,12H2,1-2H3,(H,21,22). The first-order chi connectivity index (χ1) is 11.6. The molecule has 5 heteroatoms. The molecule has 0 aromatic heterocycles. The number of carbonyl (C=O) groups excluding carboxylic acids is 1. The minimum Gasteiger partial charge on any atom is -0.497 e. The van der Waals surface area contributed by atoms with E-state index in [2.05, 4.69) is 5.32 Å². The summed E-state index contributed by atoms with van der Waals surface area (Å²) in [5, 5.41) is 3.35. The first-order valence-corrected chi connectivity index (χ1v) is 8.35. The maximum Gasteiger partial charge on any atom is 0.251 e. The summed E-state index contributed by atoms with van der Waals surface area (Å²) in [6.45, 7) is 3.03. The Kier molecular flexibility index (Phi) is 6.94. The fourth-order valence-corrected chi connectivity index (χ4v) is 2.54. The molecule has 0 aliphatic carbocycles. The molecular weight excluding hydrogens is 326 g/mol. The van der Waals surface area contributed by atoms with Crippen LogP contribution in [0.3, 0.4) is 0 Å². The van der Waals surface area contributed by atoms with E-state index >= 15 is 0 Å². The van der Waals surface area contributed by atoms with Crippen LogP contribution in [0.5, 0.6) is 11.5 Å². The fourth-order valence-electron chi connectivity index (χ4n) is 2.30. The van der Waals surface area contributed by atoms with Crippen LogP contribution in [0.4, 0.5) is 0 Å². The van der Waals surface area contributed by atoms with Gasteiger partial charge in [0.1, 0.15) is 11.5 Å². The number of methoxy groups -OCH3 is 1. The predicted molar refractivity (Wildman–Crippen MR) is 96.3 cm³/mol. The van der Waals surface area contributed by atoms with E-state index in [0.717, 1.165) is 18.6 Å². The van der Waals surface area contributed by atoms with Crippen LogP contribution in [0, 0.1) is 0 Å². The Labute approximate surface area is 147 Å². The van der Waals surface area contributed by atoms with Gasteiger partial charge < -0.3 is 14.8 Å². The first kappa shape index (κ1) is 18.1. The lowest BCUT2D eigenvalue weighted by molar-refractivity contribution is 0.0953. The third-order valence-corrected chi connectivity index (χ3v) is 3.88. The van der Waals surface area contributed by atoms with Crippen LogP contribution in [-0.4, -0.2) is 26.2 Å². The number of aryl methyl sites for hydroxylation is 1. The second-order valence-corrected chi connectivity index (χ2v) is 5.69. The van der Waals surface area contributed by atoms with Gasteiger partial charge in [-0.1, -0.05) is 23.7 Å². The minimum absolute atomic E-state index is 0.130. The largest absolute Gasteiger partial charge is 0.497 e. The van der Waals surface area contributed by atoms with Crippen LogP contribution < -0.4 is 14.8 Å². The molecule has 0 radical (unpaired) electrons. The zero-order valence-corrected chi connectivity index (χ0v) is 14.7. The topological polar surface area (TPSA) is 47.6 Å². The summed E-state index contributed by atoms with van der Waals surface area (Å²) >= 11 is 6.10. The van der Waals surface area contributed by atoms with Gasteiger partial charge >= 0.3 is 0 Å². The van der Waals surface area contributed by atoms with Crippen molar-refractivity contribution in [1.82, 2.24) is 5.32 Å². The second-order valence-electron chi connectivity index (χ2n) is 5.29. The lowest BCUT2D eigenvalue weighted by Crippen LogP contribution is -2.24. The fraction of sp³-hybridized carbons (Fsp3) is 0.316. The average Bonchev–Trinajstić information content (AvgIpc) is 2.61. The van der Waals surface area contributed by atoms with Gasteiger partial charge in [-0.05, 0) is 55.7 Å². The van der Waals surface area contributed by atoms with Crippen LogP contribution in [0.25, 0.3) is 0 Å². The van der Waals surface area contributed by atoms with Crippen LogP contribution in [0.2, 0.25) is 5.02 Å². The van der Waals surface area contributed by atoms with E-state index in [9.17, 15) is 4.79 Å². The Morgan fingerprint density at radius 1 is 1.17 bits per heavy atom. The number of benzene rings is 2. The number of hydrogen-bond acceptors (Lipinski definition) is 3. The summed E-state index contributed by atoms with van der Waals surface area (Å²) < 4.78 is 10.5. The second kappa shape index (κ2) is 9.18. The first-order valence-electron chi connectivity index (χ1n) is 7.97. The summed E-state index contributed by atoms with van der Waals surface area (Å²) in [5.74, 6) is 1.31. The van der Waals surface area contributed by atoms with Crippen molar-refractivity contribution in [3.8, 4) is 11.5 Å². The van der Waals surface area contributed by atoms with Crippen LogP contribution in [-0.2, 0) is 6.42 Å². The lowest BCUT2D eigenvalue weighted by Gasteiger charge is -2.09. The summed E-state index contributed by atoms with van der Waals surface area (Å²) in [5.41, 5.74) is 1.75. The smallest absolute Gasteiger partial charge is 0.251 e. The van der Waals surface area contributed by atoms with E-state index < -0.39 is 0 Å². The van der Waals surface area contributed by atoms with Crippen LogP contribution >= 0.6 is 11.6 Å². The lowest BCUT2D eigenvalue weighted by atomic mass is 10.1. The normalized spacial score (nSPS) is 10.3. The van der Waals surface area contributed by atoms with E-state index in [1.807, 2.05) is 31.2 Å². The third kappa shape index (κ3) is 5.17. The highest BCUT2D eigenvalue weighted by Gasteiger charge is 2.09. The number of ether oxygens (including phenoxy) is 2. The highest BCUT2D eigenvalue weighted by atomic mass is 35.5. The Morgan fingerprint density at radius 2 is 1.92 bits per heavy atom. The molecule has 0 saturated carbocycles. The van der Waals surface area contributed by atoms with E-state index in [4.69, 9.17) is 21.1 Å². The quantitative estimate of drug-likeness (QED) is 0.731. The molecule has 0 bridgehead atoms. The van der Waals surface area contributed by atoms with Crippen molar-refractivity contribution in [3.05, 3.63) is 58.6 Å². The molecule has 0 unspecified atom stereocenters. The van der Waals surface area contributed by atoms with Gasteiger partial charge in [-0.2, -0.15) is 0 Å². The molecule has 1 amide bonds. The summed E-state index contributed by atoms with van der Waals surface area (Å²) in [6.07, 6.45) is 1.76. The number of amides is 1. The third-order valence-electron chi connectivity index (χ3n) is 3.58. The molecule has 0 saturated heterocycles. The van der Waals surface area contributed by atoms with E-state index in [-0.39, 0.29) is 5.91 Å². The minimum atomic E-state index is -0.130. The Bertz CT molecular complexity index is 671. The molecule has 0 atom stereocenters. The van der Waals surface area contributed by atoms with Crippen molar-refractivity contribution in [2.24, 2.45) is 0 Å². The molecule has 0 heterocycles. The van der Waals surface area contributed by atoms with Crippen molar-refractivity contribution in [1.29, 1.82) is 0 Å². The highest BCUT2D eigenvalue weighted by Crippen LogP contribution is 2.25. The summed E-state index contributed by atoms with van der Waals surface area (Å²) in [7, 11) is 1.65. The molecule has 2 aromatic rings. The Morgan fingerprint density at radius 3 is 2.54 bits per heavy atom. The summed E-state index contributed by atoms with van der Waals surface area (Å²) in [4.78, 5) is 12.1. The molecule has 128 valence electrons. The van der Waals surface area contributed by atoms with Crippen molar-refractivity contribution in [3.63, 3.8) is 0 Å². The Balaban J connectivity index is 1.79. The maximum absolute atomic E-state index is 12.1. The van der Waals surface area contributed by atoms with Gasteiger partial charge in [0.2, 0.25) is 0 Å². The van der Waals surface area contributed by atoms with Crippen molar-refractivity contribution >= 4 is 17.5 Å². The molecule has 0 fully saturated rings. The number of nitrogens with one attached hydrogen (secondary N) is 1. The molecule has 24 heavy (non-hydrogen) atoms. The summed E-state index contributed by atoms with van der Waals surface area (Å²) in [6, 6.07) is 13.0. The van der Waals surface area contributed by atoms with Gasteiger partial charge in [0.15, 0.2) is 0 Å². The number of halogens is 1. The zero-order valence-electron chi connectivity index (χ0n) is 14.0.